The molecule has 0 aliphatic heterocycles. The van der Waals surface area contributed by atoms with Crippen molar-refractivity contribution in [3.05, 3.63) is 35.5 Å². The monoisotopic (exact) mass is 289 g/mol. The smallest absolute Gasteiger partial charge is 0.171 e. The van der Waals surface area contributed by atoms with Crippen LogP contribution in [0.25, 0.3) is 11.3 Å². The number of rotatable bonds is 4. The van der Waals surface area contributed by atoms with Crippen LogP contribution in [0.3, 0.4) is 0 Å². The SMILES string of the molecule is Cc1ccc(-c2oncc2C2(C=O)CC2)cc1[S@@](C)=O. The van der Waals surface area contributed by atoms with E-state index in [2.05, 4.69) is 5.16 Å². The van der Waals surface area contributed by atoms with Gasteiger partial charge in [-0.05, 0) is 31.4 Å². The predicted octanol–water partition coefficient (Wildman–Crippen LogP) is 2.62. The Balaban J connectivity index is 2.11. The van der Waals surface area contributed by atoms with Gasteiger partial charge in [0.25, 0.3) is 0 Å². The van der Waals surface area contributed by atoms with Gasteiger partial charge in [0.15, 0.2) is 5.76 Å². The van der Waals surface area contributed by atoms with Gasteiger partial charge >= 0.3 is 0 Å². The zero-order valence-corrected chi connectivity index (χ0v) is 12.2. The van der Waals surface area contributed by atoms with Crippen LogP contribution in [0.4, 0.5) is 0 Å². The van der Waals surface area contributed by atoms with Crippen LogP contribution in [-0.2, 0) is 21.0 Å². The van der Waals surface area contributed by atoms with E-state index in [9.17, 15) is 9.00 Å². The van der Waals surface area contributed by atoms with Crippen LogP contribution in [0.1, 0.15) is 24.0 Å². The Morgan fingerprint density at radius 1 is 1.40 bits per heavy atom. The molecule has 4 nitrogen and oxygen atoms in total. The maximum atomic E-state index is 11.7. The van der Waals surface area contributed by atoms with Gasteiger partial charge in [0, 0.05) is 22.3 Å². The lowest BCUT2D eigenvalue weighted by Gasteiger charge is -2.08. The Bertz CT molecular complexity index is 701. The first-order chi connectivity index (χ1) is 9.57. The first-order valence-corrected chi connectivity index (χ1v) is 7.99. The van der Waals surface area contributed by atoms with E-state index in [1.54, 1.807) is 12.5 Å². The van der Waals surface area contributed by atoms with Crippen LogP contribution in [-0.4, -0.2) is 21.9 Å². The van der Waals surface area contributed by atoms with Gasteiger partial charge in [-0.25, -0.2) is 0 Å². The standard InChI is InChI=1S/C15H15NO3S/c1-10-3-4-11(7-13(10)20(2)18)14-12(8-16-19-14)15(9-17)5-6-15/h3-4,7-9H,5-6H2,1-2H3/t20-/m1/s1. The third kappa shape index (κ3) is 2.02. The zero-order valence-electron chi connectivity index (χ0n) is 11.4. The average Bonchev–Trinajstić information content (AvgIpc) is 3.08. The van der Waals surface area contributed by atoms with E-state index in [4.69, 9.17) is 4.52 Å². The molecule has 2 aromatic rings. The maximum absolute atomic E-state index is 11.7. The summed E-state index contributed by atoms with van der Waals surface area (Å²) in [6.45, 7) is 1.93. The minimum Gasteiger partial charge on any atom is -0.356 e. The van der Waals surface area contributed by atoms with E-state index >= 15 is 0 Å². The molecule has 1 aliphatic rings. The van der Waals surface area contributed by atoms with Crippen molar-refractivity contribution < 1.29 is 13.5 Å². The van der Waals surface area contributed by atoms with Gasteiger partial charge in [-0.15, -0.1) is 0 Å². The molecule has 0 spiro atoms. The van der Waals surface area contributed by atoms with E-state index in [1.165, 1.54) is 0 Å². The number of aromatic nitrogens is 1. The van der Waals surface area contributed by atoms with Crippen molar-refractivity contribution in [2.45, 2.75) is 30.1 Å². The second kappa shape index (κ2) is 4.66. The first kappa shape index (κ1) is 13.2. The van der Waals surface area contributed by atoms with Gasteiger partial charge in [0.2, 0.25) is 0 Å². The fourth-order valence-corrected chi connectivity index (χ4v) is 3.25. The summed E-state index contributed by atoms with van der Waals surface area (Å²) >= 11 is 0. The van der Waals surface area contributed by atoms with Crippen molar-refractivity contribution in [1.29, 1.82) is 0 Å². The van der Waals surface area contributed by atoms with Crippen molar-refractivity contribution in [3.63, 3.8) is 0 Å². The van der Waals surface area contributed by atoms with Crippen LogP contribution in [0, 0.1) is 6.92 Å². The highest BCUT2D eigenvalue weighted by molar-refractivity contribution is 7.84. The molecule has 0 N–H and O–H groups in total. The van der Waals surface area contributed by atoms with Crippen LogP contribution >= 0.6 is 0 Å². The summed E-state index contributed by atoms with van der Waals surface area (Å²) in [5, 5.41) is 3.84. The molecular formula is C15H15NO3S. The fraction of sp³-hybridized carbons (Fsp3) is 0.333. The third-order valence-electron chi connectivity index (χ3n) is 3.88. The summed E-state index contributed by atoms with van der Waals surface area (Å²) in [6, 6.07) is 5.69. The van der Waals surface area contributed by atoms with Crippen molar-refractivity contribution in [1.82, 2.24) is 5.16 Å². The average molecular weight is 289 g/mol. The number of carbonyl (C=O) groups excluding carboxylic acids is 1. The molecular weight excluding hydrogens is 274 g/mol. The van der Waals surface area contributed by atoms with Crippen molar-refractivity contribution in [2.24, 2.45) is 0 Å². The number of hydrogen-bond acceptors (Lipinski definition) is 4. The molecule has 1 heterocycles. The number of nitrogens with zero attached hydrogens (tertiary/aromatic N) is 1. The van der Waals surface area contributed by atoms with Gasteiger partial charge < -0.3 is 9.32 Å². The largest absolute Gasteiger partial charge is 0.356 e. The Kier molecular flexibility index (Phi) is 3.09. The van der Waals surface area contributed by atoms with Gasteiger partial charge in [-0.2, -0.15) is 0 Å². The molecule has 20 heavy (non-hydrogen) atoms. The highest BCUT2D eigenvalue weighted by Gasteiger charge is 2.47. The molecule has 0 radical (unpaired) electrons. The number of carbonyl (C=O) groups is 1. The molecule has 0 bridgehead atoms. The number of aldehydes is 1. The molecule has 0 unspecified atom stereocenters. The van der Waals surface area contributed by atoms with Crippen molar-refractivity contribution in [2.75, 3.05) is 6.26 Å². The Labute approximate surface area is 119 Å². The van der Waals surface area contributed by atoms with Gasteiger partial charge in [-0.1, -0.05) is 17.3 Å². The summed E-state index contributed by atoms with van der Waals surface area (Å²) in [6.07, 6.45) is 5.93. The second-order valence-electron chi connectivity index (χ2n) is 5.28. The van der Waals surface area contributed by atoms with Crippen LogP contribution in [0.15, 0.2) is 33.8 Å². The summed E-state index contributed by atoms with van der Waals surface area (Å²) in [5.74, 6) is 0.612. The normalized spacial score (nSPS) is 17.7. The van der Waals surface area contributed by atoms with Crippen LogP contribution < -0.4 is 0 Å². The Morgan fingerprint density at radius 2 is 2.15 bits per heavy atom. The first-order valence-electron chi connectivity index (χ1n) is 6.43. The van der Waals surface area contributed by atoms with E-state index in [0.717, 1.165) is 40.7 Å². The van der Waals surface area contributed by atoms with Gasteiger partial charge in [0.1, 0.15) is 6.29 Å². The highest BCUT2D eigenvalue weighted by atomic mass is 32.2. The number of benzene rings is 1. The number of hydrogen-bond donors (Lipinski definition) is 0. The molecule has 1 aromatic heterocycles. The fourth-order valence-electron chi connectivity index (χ4n) is 2.44. The lowest BCUT2D eigenvalue weighted by Crippen LogP contribution is -2.07. The van der Waals surface area contributed by atoms with Crippen LogP contribution in [0.2, 0.25) is 0 Å². The summed E-state index contributed by atoms with van der Waals surface area (Å²) < 4.78 is 17.1. The predicted molar refractivity (Wildman–Crippen MR) is 76.0 cm³/mol. The molecule has 0 amide bonds. The van der Waals surface area contributed by atoms with Crippen molar-refractivity contribution in [3.8, 4) is 11.3 Å². The summed E-state index contributed by atoms with van der Waals surface area (Å²) in [4.78, 5) is 12.1. The zero-order chi connectivity index (χ0) is 14.3. The Hall–Kier alpha value is -1.75. The topological polar surface area (TPSA) is 60.2 Å². The van der Waals surface area contributed by atoms with E-state index < -0.39 is 16.2 Å². The summed E-state index contributed by atoms with van der Waals surface area (Å²) in [7, 11) is -1.06. The van der Waals surface area contributed by atoms with Crippen LogP contribution in [0.5, 0.6) is 0 Å². The molecule has 104 valence electrons. The molecule has 1 atom stereocenters. The molecule has 5 heteroatoms. The minimum absolute atomic E-state index is 0.425. The maximum Gasteiger partial charge on any atom is 0.171 e. The lowest BCUT2D eigenvalue weighted by atomic mass is 9.95. The van der Waals surface area contributed by atoms with E-state index in [0.29, 0.717) is 5.76 Å². The minimum atomic E-state index is -1.06. The Morgan fingerprint density at radius 3 is 2.75 bits per heavy atom. The molecule has 0 saturated heterocycles. The summed E-state index contributed by atoms with van der Waals surface area (Å²) in [5.41, 5.74) is 2.21. The van der Waals surface area contributed by atoms with Crippen molar-refractivity contribution >= 4 is 17.1 Å². The molecule has 1 saturated carbocycles. The van der Waals surface area contributed by atoms with Gasteiger partial charge in [-0.3, -0.25) is 4.21 Å². The second-order valence-corrected chi connectivity index (χ2v) is 6.63. The van der Waals surface area contributed by atoms with E-state index in [-0.39, 0.29) is 0 Å². The molecule has 1 aromatic carbocycles. The third-order valence-corrected chi connectivity index (χ3v) is 4.94. The molecule has 1 aliphatic carbocycles. The van der Waals surface area contributed by atoms with E-state index in [1.807, 2.05) is 25.1 Å². The molecule has 1 fully saturated rings. The van der Waals surface area contributed by atoms with Gasteiger partial charge in [0.05, 0.1) is 22.4 Å². The highest BCUT2D eigenvalue weighted by Crippen LogP contribution is 2.49. The quantitative estimate of drug-likeness (QED) is 0.812. The lowest BCUT2D eigenvalue weighted by molar-refractivity contribution is -0.109. The molecule has 3 rings (SSSR count). The number of aryl methyl sites for hydroxylation is 1.